The third kappa shape index (κ3) is 5.00. The molecule has 0 aromatic carbocycles. The van der Waals surface area contributed by atoms with Gasteiger partial charge in [-0.15, -0.1) is 0 Å². The molecule has 1 unspecified atom stereocenters. The monoisotopic (exact) mass is 260 g/mol. The number of nitrogens with zero attached hydrogens (tertiary/aromatic N) is 1. The maximum absolute atomic E-state index is 4.72. The Hall–Kier alpha value is 0.170. The standard InChI is InChI=1S/C12H24N2S2/c1-5-15-7-6-10(4)13-12-14-11(8-16-12)9(2)3/h9-11H,5-8H2,1-4H3,(H,13,14)/t10?,11-/m1/s1. The molecular formula is C12H24N2S2. The maximum Gasteiger partial charge on any atom is 0.157 e. The number of hydrogen-bond acceptors (Lipinski definition) is 4. The quantitative estimate of drug-likeness (QED) is 0.742. The molecule has 0 fully saturated rings. The second-order valence-corrected chi connectivity index (χ2v) is 6.99. The second-order valence-electron chi connectivity index (χ2n) is 4.59. The summed E-state index contributed by atoms with van der Waals surface area (Å²) < 4.78 is 0. The van der Waals surface area contributed by atoms with Gasteiger partial charge in [-0.25, -0.2) is 0 Å². The van der Waals surface area contributed by atoms with Gasteiger partial charge in [0, 0.05) is 11.8 Å². The Morgan fingerprint density at radius 3 is 2.81 bits per heavy atom. The van der Waals surface area contributed by atoms with Crippen LogP contribution in [0.3, 0.4) is 0 Å². The van der Waals surface area contributed by atoms with E-state index in [4.69, 9.17) is 4.99 Å². The first-order chi connectivity index (χ1) is 7.63. The number of rotatable bonds is 6. The van der Waals surface area contributed by atoms with Crippen molar-refractivity contribution < 1.29 is 0 Å². The molecule has 0 spiro atoms. The number of amidine groups is 1. The Balaban J connectivity index is 2.24. The molecule has 2 nitrogen and oxygen atoms in total. The molecule has 0 saturated heterocycles. The van der Waals surface area contributed by atoms with Gasteiger partial charge in [0.25, 0.3) is 0 Å². The fourth-order valence-corrected chi connectivity index (χ4v) is 3.59. The summed E-state index contributed by atoms with van der Waals surface area (Å²) in [6, 6.07) is 1.07. The lowest BCUT2D eigenvalue weighted by Gasteiger charge is -2.13. The zero-order valence-electron chi connectivity index (χ0n) is 10.8. The van der Waals surface area contributed by atoms with Crippen molar-refractivity contribution in [3.05, 3.63) is 0 Å². The molecule has 1 aliphatic heterocycles. The van der Waals surface area contributed by atoms with Crippen LogP contribution in [0.1, 0.15) is 34.1 Å². The van der Waals surface area contributed by atoms with Crippen molar-refractivity contribution in [2.45, 2.75) is 46.2 Å². The van der Waals surface area contributed by atoms with E-state index in [0.29, 0.717) is 18.0 Å². The number of thioether (sulfide) groups is 2. The van der Waals surface area contributed by atoms with E-state index in [-0.39, 0.29) is 0 Å². The van der Waals surface area contributed by atoms with Crippen LogP contribution >= 0.6 is 23.5 Å². The average Bonchev–Trinajstić information content (AvgIpc) is 2.66. The molecule has 1 aliphatic rings. The van der Waals surface area contributed by atoms with Gasteiger partial charge >= 0.3 is 0 Å². The van der Waals surface area contributed by atoms with Crippen LogP contribution in [0.4, 0.5) is 0 Å². The largest absolute Gasteiger partial charge is 0.362 e. The van der Waals surface area contributed by atoms with E-state index in [0.717, 1.165) is 10.9 Å². The highest BCUT2D eigenvalue weighted by Crippen LogP contribution is 2.22. The molecule has 0 bridgehead atoms. The third-order valence-corrected chi connectivity index (χ3v) is 4.65. The normalized spacial score (nSPS) is 22.3. The fraction of sp³-hybridized carbons (Fsp3) is 0.917. The van der Waals surface area contributed by atoms with Crippen molar-refractivity contribution in [2.75, 3.05) is 17.3 Å². The van der Waals surface area contributed by atoms with Gasteiger partial charge in [-0.05, 0) is 30.8 Å². The lowest BCUT2D eigenvalue weighted by atomic mass is 10.1. The number of nitrogens with one attached hydrogen (secondary N) is 1. The molecule has 94 valence electrons. The highest BCUT2D eigenvalue weighted by atomic mass is 32.2. The van der Waals surface area contributed by atoms with Gasteiger partial charge in [0.2, 0.25) is 0 Å². The predicted octanol–water partition coefficient (Wildman–Crippen LogP) is 3.24. The molecule has 0 aromatic heterocycles. The van der Waals surface area contributed by atoms with Gasteiger partial charge < -0.3 is 5.32 Å². The molecule has 1 heterocycles. The highest BCUT2D eigenvalue weighted by molar-refractivity contribution is 8.14. The van der Waals surface area contributed by atoms with Crippen LogP contribution in [0, 0.1) is 5.92 Å². The molecular weight excluding hydrogens is 236 g/mol. The van der Waals surface area contributed by atoms with Gasteiger partial charge in [-0.3, -0.25) is 4.99 Å². The molecule has 0 radical (unpaired) electrons. The van der Waals surface area contributed by atoms with E-state index < -0.39 is 0 Å². The van der Waals surface area contributed by atoms with E-state index >= 15 is 0 Å². The van der Waals surface area contributed by atoms with Gasteiger partial charge in [-0.1, -0.05) is 32.5 Å². The van der Waals surface area contributed by atoms with Crippen molar-refractivity contribution in [1.82, 2.24) is 5.32 Å². The second kappa shape index (κ2) is 7.49. The molecule has 0 aromatic rings. The summed E-state index contributed by atoms with van der Waals surface area (Å²) >= 11 is 3.89. The van der Waals surface area contributed by atoms with Crippen LogP contribution in [-0.4, -0.2) is 34.5 Å². The zero-order valence-corrected chi connectivity index (χ0v) is 12.5. The van der Waals surface area contributed by atoms with Crippen LogP contribution < -0.4 is 5.32 Å². The van der Waals surface area contributed by atoms with Crippen LogP contribution in [0.5, 0.6) is 0 Å². The smallest absolute Gasteiger partial charge is 0.157 e. The van der Waals surface area contributed by atoms with Crippen molar-refractivity contribution in [1.29, 1.82) is 0 Å². The average molecular weight is 260 g/mol. The molecule has 0 aliphatic carbocycles. The number of hydrogen-bond donors (Lipinski definition) is 1. The highest BCUT2D eigenvalue weighted by Gasteiger charge is 2.21. The van der Waals surface area contributed by atoms with E-state index in [2.05, 4.69) is 33.0 Å². The third-order valence-electron chi connectivity index (χ3n) is 2.71. The number of aliphatic imine (C=N–C) groups is 1. The summed E-state index contributed by atoms with van der Waals surface area (Å²) in [5.74, 6) is 4.28. The molecule has 1 rings (SSSR count). The van der Waals surface area contributed by atoms with E-state index in [9.17, 15) is 0 Å². The topological polar surface area (TPSA) is 24.4 Å². The first kappa shape index (κ1) is 14.2. The molecule has 2 atom stereocenters. The maximum atomic E-state index is 4.72. The van der Waals surface area contributed by atoms with Gasteiger partial charge in [0.15, 0.2) is 5.17 Å². The Bertz CT molecular complexity index is 229. The molecule has 16 heavy (non-hydrogen) atoms. The van der Waals surface area contributed by atoms with E-state index in [1.54, 1.807) is 0 Å². The lowest BCUT2D eigenvalue weighted by Crippen LogP contribution is -2.30. The Kier molecular flexibility index (Phi) is 6.66. The van der Waals surface area contributed by atoms with Crippen LogP contribution in [0.15, 0.2) is 4.99 Å². The molecule has 0 amide bonds. The summed E-state index contributed by atoms with van der Waals surface area (Å²) in [4.78, 5) is 4.72. The summed E-state index contributed by atoms with van der Waals surface area (Å²) in [6.07, 6.45) is 1.23. The SMILES string of the molecule is CCSCCC(C)NC1=N[C@@H](C(C)C)CS1. The first-order valence-corrected chi connectivity index (χ1v) is 8.32. The molecule has 1 N–H and O–H groups in total. The summed E-state index contributed by atoms with van der Waals surface area (Å²) in [6.45, 7) is 8.97. The summed E-state index contributed by atoms with van der Waals surface area (Å²) in [5, 5.41) is 4.68. The van der Waals surface area contributed by atoms with Crippen LogP contribution in [-0.2, 0) is 0 Å². The van der Waals surface area contributed by atoms with Crippen molar-refractivity contribution >= 4 is 28.7 Å². The van der Waals surface area contributed by atoms with E-state index in [1.165, 1.54) is 17.9 Å². The van der Waals surface area contributed by atoms with Gasteiger partial charge in [0.05, 0.1) is 6.04 Å². The molecule has 4 heteroatoms. The Labute approximate surface area is 108 Å². The zero-order chi connectivity index (χ0) is 12.0. The van der Waals surface area contributed by atoms with E-state index in [1.807, 2.05) is 23.5 Å². The van der Waals surface area contributed by atoms with Crippen LogP contribution in [0.2, 0.25) is 0 Å². The van der Waals surface area contributed by atoms with Crippen molar-refractivity contribution in [3.8, 4) is 0 Å². The molecule has 0 saturated carbocycles. The Morgan fingerprint density at radius 1 is 1.50 bits per heavy atom. The van der Waals surface area contributed by atoms with Gasteiger partial charge in [-0.2, -0.15) is 11.8 Å². The minimum absolute atomic E-state index is 0.518. The fourth-order valence-electron chi connectivity index (χ4n) is 1.50. The Morgan fingerprint density at radius 2 is 2.25 bits per heavy atom. The first-order valence-electron chi connectivity index (χ1n) is 6.18. The lowest BCUT2D eigenvalue weighted by molar-refractivity contribution is 0.540. The van der Waals surface area contributed by atoms with Crippen LogP contribution in [0.25, 0.3) is 0 Å². The minimum atomic E-state index is 0.518. The predicted molar refractivity (Wildman–Crippen MR) is 78.7 cm³/mol. The van der Waals surface area contributed by atoms with Crippen molar-refractivity contribution in [3.63, 3.8) is 0 Å². The summed E-state index contributed by atoms with van der Waals surface area (Å²) in [5.41, 5.74) is 0. The summed E-state index contributed by atoms with van der Waals surface area (Å²) in [7, 11) is 0. The van der Waals surface area contributed by atoms with Gasteiger partial charge in [0.1, 0.15) is 0 Å². The van der Waals surface area contributed by atoms with Crippen molar-refractivity contribution in [2.24, 2.45) is 10.9 Å². The minimum Gasteiger partial charge on any atom is -0.362 e.